The van der Waals surface area contributed by atoms with Crippen molar-refractivity contribution >= 4 is 5.91 Å². The largest absolute Gasteiger partial charge is 0.419 e. The van der Waals surface area contributed by atoms with E-state index in [1.54, 1.807) is 0 Å². The molecule has 2 nitrogen and oxygen atoms in total. The average molecular weight is 265 g/mol. The summed E-state index contributed by atoms with van der Waals surface area (Å²) in [5, 5.41) is 2.13. The number of hydrogen-bond acceptors (Lipinski definition) is 1. The molecule has 0 unspecified atom stereocenters. The third-order valence-electron chi connectivity index (χ3n) is 2.08. The van der Waals surface area contributed by atoms with Crippen molar-refractivity contribution in [2.75, 3.05) is 0 Å². The molecule has 0 spiro atoms. The molecule has 18 heavy (non-hydrogen) atoms. The number of carbonyl (C=O) groups excluding carboxylic acids is 1. The number of nitrogens with one attached hydrogen (secondary N) is 1. The van der Waals surface area contributed by atoms with Gasteiger partial charge in [-0.05, 0) is 18.2 Å². The van der Waals surface area contributed by atoms with Gasteiger partial charge in [0.25, 0.3) is 0 Å². The van der Waals surface area contributed by atoms with Crippen molar-refractivity contribution in [1.82, 2.24) is 5.32 Å². The van der Waals surface area contributed by atoms with E-state index in [4.69, 9.17) is 0 Å². The molecule has 0 aliphatic carbocycles. The van der Waals surface area contributed by atoms with Crippen molar-refractivity contribution in [2.24, 2.45) is 0 Å². The molecule has 1 aromatic rings. The second kappa shape index (κ2) is 5.16. The zero-order valence-electron chi connectivity index (χ0n) is 8.94. The van der Waals surface area contributed by atoms with Crippen LogP contribution in [0.5, 0.6) is 0 Å². The Labute approximate surface area is 99.1 Å². The lowest BCUT2D eigenvalue weighted by Gasteiger charge is -2.11. The molecule has 1 rings (SSSR count). The average Bonchev–Trinajstić information content (AvgIpc) is 2.27. The first kappa shape index (κ1) is 14.1. The van der Waals surface area contributed by atoms with Gasteiger partial charge >= 0.3 is 6.18 Å². The zero-order chi connectivity index (χ0) is 13.9. The molecule has 1 aromatic carbocycles. The number of carbonyl (C=O) groups is 1. The van der Waals surface area contributed by atoms with Gasteiger partial charge in [-0.25, -0.2) is 8.78 Å². The number of hydrogen-bond donors (Lipinski definition) is 1. The summed E-state index contributed by atoms with van der Waals surface area (Å²) in [4.78, 5) is 10.8. The molecule has 0 aliphatic rings. The molecule has 0 bridgehead atoms. The highest BCUT2D eigenvalue weighted by molar-refractivity contribution is 5.86. The lowest BCUT2D eigenvalue weighted by molar-refractivity contribution is -0.140. The predicted molar refractivity (Wildman–Crippen MR) is 53.4 cm³/mol. The summed E-state index contributed by atoms with van der Waals surface area (Å²) in [5.74, 6) is -3.48. The smallest absolute Gasteiger partial charge is 0.348 e. The van der Waals surface area contributed by atoms with E-state index in [0.717, 1.165) is 6.08 Å². The normalized spacial score (nSPS) is 11.2. The molecule has 98 valence electrons. The molecule has 1 amide bonds. The van der Waals surface area contributed by atoms with Gasteiger partial charge in [-0.15, -0.1) is 0 Å². The van der Waals surface area contributed by atoms with Gasteiger partial charge in [0.2, 0.25) is 5.91 Å². The van der Waals surface area contributed by atoms with Crippen LogP contribution in [0, 0.1) is 11.6 Å². The minimum Gasteiger partial charge on any atom is -0.348 e. The topological polar surface area (TPSA) is 29.1 Å². The number of alkyl halides is 3. The van der Waals surface area contributed by atoms with E-state index in [9.17, 15) is 26.7 Å². The third kappa shape index (κ3) is 3.28. The van der Waals surface area contributed by atoms with Crippen LogP contribution in [0.3, 0.4) is 0 Å². The molecule has 0 radical (unpaired) electrons. The molecule has 0 saturated heterocycles. The Morgan fingerprint density at radius 1 is 1.28 bits per heavy atom. The van der Waals surface area contributed by atoms with E-state index in [1.807, 2.05) is 0 Å². The van der Waals surface area contributed by atoms with E-state index in [0.29, 0.717) is 6.07 Å². The molecule has 1 N–H and O–H groups in total. The SMILES string of the molecule is C=CC(=O)NCc1cc(F)c(C(F)(F)F)cc1F. The maximum atomic E-state index is 13.3. The fourth-order valence-electron chi connectivity index (χ4n) is 1.20. The van der Waals surface area contributed by atoms with Gasteiger partial charge in [0.15, 0.2) is 0 Å². The fourth-order valence-corrected chi connectivity index (χ4v) is 1.20. The van der Waals surface area contributed by atoms with Crippen LogP contribution in [0.15, 0.2) is 24.8 Å². The summed E-state index contributed by atoms with van der Waals surface area (Å²) in [6.07, 6.45) is -4.06. The van der Waals surface area contributed by atoms with Crippen molar-refractivity contribution in [1.29, 1.82) is 0 Å². The monoisotopic (exact) mass is 265 g/mol. The van der Waals surface area contributed by atoms with Crippen LogP contribution in [0.2, 0.25) is 0 Å². The van der Waals surface area contributed by atoms with Crippen LogP contribution in [-0.4, -0.2) is 5.91 Å². The summed E-state index contributed by atoms with van der Waals surface area (Å²) in [6, 6.07) is 0.465. The molecule has 0 atom stereocenters. The minimum absolute atomic E-state index is 0.0603. The second-order valence-corrected chi connectivity index (χ2v) is 3.34. The summed E-state index contributed by atoms with van der Waals surface area (Å²) in [7, 11) is 0. The van der Waals surface area contributed by atoms with Crippen LogP contribution < -0.4 is 5.32 Å². The molecule has 0 aromatic heterocycles. The van der Waals surface area contributed by atoms with E-state index >= 15 is 0 Å². The molecular formula is C11H8F5NO. The first-order valence-corrected chi connectivity index (χ1v) is 4.71. The van der Waals surface area contributed by atoms with E-state index in [-0.39, 0.29) is 11.6 Å². The van der Waals surface area contributed by atoms with Crippen molar-refractivity contribution in [3.63, 3.8) is 0 Å². The van der Waals surface area contributed by atoms with Crippen LogP contribution in [0.1, 0.15) is 11.1 Å². The van der Waals surface area contributed by atoms with Gasteiger partial charge in [-0.2, -0.15) is 13.2 Å². The first-order chi connectivity index (χ1) is 8.25. The predicted octanol–water partition coefficient (Wildman–Crippen LogP) is 2.79. The van der Waals surface area contributed by atoms with Crippen LogP contribution in [0.4, 0.5) is 22.0 Å². The highest BCUT2D eigenvalue weighted by Crippen LogP contribution is 2.32. The van der Waals surface area contributed by atoms with Gasteiger partial charge in [-0.1, -0.05) is 6.58 Å². The van der Waals surface area contributed by atoms with Gasteiger partial charge in [-0.3, -0.25) is 4.79 Å². The van der Waals surface area contributed by atoms with Crippen molar-refractivity contribution in [3.8, 4) is 0 Å². The summed E-state index contributed by atoms with van der Waals surface area (Å²) < 4.78 is 63.1. The Kier molecular flexibility index (Phi) is 4.05. The fraction of sp³-hybridized carbons (Fsp3) is 0.182. The molecule has 0 heterocycles. The second-order valence-electron chi connectivity index (χ2n) is 3.34. The highest BCUT2D eigenvalue weighted by atomic mass is 19.4. The Hall–Kier alpha value is -1.92. The molecular weight excluding hydrogens is 257 g/mol. The van der Waals surface area contributed by atoms with Gasteiger partial charge in [0, 0.05) is 12.1 Å². The Bertz CT molecular complexity index is 481. The lowest BCUT2D eigenvalue weighted by Crippen LogP contribution is -2.21. The Morgan fingerprint density at radius 3 is 2.39 bits per heavy atom. The maximum absolute atomic E-state index is 13.3. The van der Waals surface area contributed by atoms with E-state index in [1.165, 1.54) is 0 Å². The molecule has 0 saturated carbocycles. The Balaban J connectivity index is 3.00. The maximum Gasteiger partial charge on any atom is 0.419 e. The van der Waals surface area contributed by atoms with E-state index in [2.05, 4.69) is 11.9 Å². The standard InChI is InChI=1S/C11H8F5NO/c1-2-10(18)17-5-6-3-9(13)7(4-8(6)12)11(14,15)16/h2-4H,1,5H2,(H,17,18). The Morgan fingerprint density at radius 2 is 1.89 bits per heavy atom. The number of benzene rings is 1. The van der Waals surface area contributed by atoms with Crippen LogP contribution in [-0.2, 0) is 17.5 Å². The van der Waals surface area contributed by atoms with Gasteiger partial charge in [0.1, 0.15) is 11.6 Å². The number of amides is 1. The van der Waals surface area contributed by atoms with Crippen molar-refractivity contribution in [2.45, 2.75) is 12.7 Å². The number of rotatable bonds is 3. The van der Waals surface area contributed by atoms with Gasteiger partial charge < -0.3 is 5.32 Å². The van der Waals surface area contributed by atoms with E-state index < -0.39 is 35.8 Å². The molecule has 0 fully saturated rings. The highest BCUT2D eigenvalue weighted by Gasteiger charge is 2.35. The van der Waals surface area contributed by atoms with Crippen LogP contribution in [0.25, 0.3) is 0 Å². The number of halogens is 5. The first-order valence-electron chi connectivity index (χ1n) is 4.71. The van der Waals surface area contributed by atoms with Gasteiger partial charge in [0.05, 0.1) is 5.56 Å². The third-order valence-corrected chi connectivity index (χ3v) is 2.08. The molecule has 7 heteroatoms. The lowest BCUT2D eigenvalue weighted by atomic mass is 10.1. The summed E-state index contributed by atoms with van der Waals surface area (Å²) >= 11 is 0. The molecule has 0 aliphatic heterocycles. The van der Waals surface area contributed by atoms with Crippen molar-refractivity contribution < 1.29 is 26.7 Å². The van der Waals surface area contributed by atoms with Crippen molar-refractivity contribution in [3.05, 3.63) is 47.5 Å². The minimum atomic E-state index is -4.96. The summed E-state index contributed by atoms with van der Waals surface area (Å²) in [5.41, 5.74) is -2.06. The zero-order valence-corrected chi connectivity index (χ0v) is 8.94. The summed E-state index contributed by atoms with van der Waals surface area (Å²) in [6.45, 7) is 2.71. The quantitative estimate of drug-likeness (QED) is 0.660. The van der Waals surface area contributed by atoms with Crippen LogP contribution >= 0.6 is 0 Å².